The molecule has 5 heteroatoms. The molecule has 0 atom stereocenters. The highest BCUT2D eigenvalue weighted by Gasteiger charge is 2.23. The molecule has 2 aromatic carbocycles. The van der Waals surface area contributed by atoms with Gasteiger partial charge in [-0.3, -0.25) is 4.79 Å². The van der Waals surface area contributed by atoms with Crippen LogP contribution in [-0.4, -0.2) is 42.1 Å². The van der Waals surface area contributed by atoms with Gasteiger partial charge in [0, 0.05) is 13.1 Å². The van der Waals surface area contributed by atoms with Gasteiger partial charge in [0.05, 0.1) is 19.1 Å². The molecule has 0 unspecified atom stereocenters. The number of amides is 1. The number of hydrogen-bond donors (Lipinski definition) is 1. The summed E-state index contributed by atoms with van der Waals surface area (Å²) in [6.07, 6.45) is 3.27. The molecule has 0 saturated carbocycles. The van der Waals surface area contributed by atoms with Crippen LogP contribution >= 0.6 is 0 Å². The summed E-state index contributed by atoms with van der Waals surface area (Å²) < 4.78 is 5.43. The Morgan fingerprint density at radius 1 is 1.07 bits per heavy atom. The summed E-state index contributed by atoms with van der Waals surface area (Å²) in [7, 11) is 1.70. The lowest BCUT2D eigenvalue weighted by molar-refractivity contribution is -0.131. The van der Waals surface area contributed by atoms with Gasteiger partial charge in [-0.15, -0.1) is 0 Å². The van der Waals surface area contributed by atoms with Crippen LogP contribution in [-0.2, 0) is 17.6 Å². The SMILES string of the molecule is COc1ccccc1CC1CCN(C(=O)Cc2ccc(C(=O)O)cc2)CC1. The summed E-state index contributed by atoms with van der Waals surface area (Å²) in [6, 6.07) is 14.6. The molecule has 5 nitrogen and oxygen atoms in total. The van der Waals surface area contributed by atoms with Gasteiger partial charge in [-0.25, -0.2) is 4.79 Å². The van der Waals surface area contributed by atoms with Gasteiger partial charge in [-0.05, 0) is 54.5 Å². The third kappa shape index (κ3) is 4.88. The smallest absolute Gasteiger partial charge is 0.335 e. The molecule has 0 aromatic heterocycles. The van der Waals surface area contributed by atoms with E-state index in [1.807, 2.05) is 23.1 Å². The normalized spacial score (nSPS) is 14.8. The number of methoxy groups -OCH3 is 1. The van der Waals surface area contributed by atoms with E-state index in [1.165, 1.54) is 5.56 Å². The molecular weight excluding hydrogens is 342 g/mol. The molecule has 1 fully saturated rings. The third-order valence-corrected chi connectivity index (χ3v) is 5.22. The van der Waals surface area contributed by atoms with Crippen LogP contribution in [0.15, 0.2) is 48.5 Å². The monoisotopic (exact) mass is 367 g/mol. The van der Waals surface area contributed by atoms with E-state index in [2.05, 4.69) is 6.07 Å². The van der Waals surface area contributed by atoms with Crippen molar-refractivity contribution in [3.63, 3.8) is 0 Å². The number of nitrogens with zero attached hydrogens (tertiary/aromatic N) is 1. The molecule has 3 rings (SSSR count). The fourth-order valence-corrected chi connectivity index (χ4v) is 3.62. The van der Waals surface area contributed by atoms with Crippen LogP contribution in [0.3, 0.4) is 0 Å². The van der Waals surface area contributed by atoms with Crippen molar-refractivity contribution in [1.82, 2.24) is 4.90 Å². The van der Waals surface area contributed by atoms with Crippen molar-refractivity contribution in [2.24, 2.45) is 5.92 Å². The molecule has 1 N–H and O–H groups in total. The molecule has 0 radical (unpaired) electrons. The summed E-state index contributed by atoms with van der Waals surface area (Å²) in [5.41, 5.74) is 2.31. The first-order valence-electron chi connectivity index (χ1n) is 9.28. The number of para-hydroxylation sites is 1. The zero-order chi connectivity index (χ0) is 19.2. The number of carbonyl (C=O) groups excluding carboxylic acids is 1. The minimum atomic E-state index is -0.954. The van der Waals surface area contributed by atoms with Gasteiger partial charge in [0.2, 0.25) is 5.91 Å². The van der Waals surface area contributed by atoms with E-state index in [-0.39, 0.29) is 11.5 Å². The molecule has 1 saturated heterocycles. The molecular formula is C22H25NO4. The summed E-state index contributed by atoms with van der Waals surface area (Å²) in [4.78, 5) is 25.4. The van der Waals surface area contributed by atoms with Gasteiger partial charge in [0.15, 0.2) is 0 Å². The van der Waals surface area contributed by atoms with Crippen LogP contribution in [0.2, 0.25) is 0 Å². The lowest BCUT2D eigenvalue weighted by atomic mass is 9.89. The summed E-state index contributed by atoms with van der Waals surface area (Å²) in [5.74, 6) is 0.639. The lowest BCUT2D eigenvalue weighted by Gasteiger charge is -2.32. The Hall–Kier alpha value is -2.82. The number of ether oxygens (including phenoxy) is 1. The summed E-state index contributed by atoms with van der Waals surface area (Å²) in [5, 5.41) is 8.94. The minimum absolute atomic E-state index is 0.105. The zero-order valence-electron chi connectivity index (χ0n) is 15.6. The van der Waals surface area contributed by atoms with Crippen molar-refractivity contribution in [2.45, 2.75) is 25.7 Å². The molecule has 0 bridgehead atoms. The Bertz CT molecular complexity index is 792. The van der Waals surface area contributed by atoms with E-state index in [9.17, 15) is 9.59 Å². The van der Waals surface area contributed by atoms with E-state index in [4.69, 9.17) is 9.84 Å². The largest absolute Gasteiger partial charge is 0.496 e. The summed E-state index contributed by atoms with van der Waals surface area (Å²) >= 11 is 0. The van der Waals surface area contributed by atoms with Gasteiger partial charge in [0.1, 0.15) is 5.75 Å². The Morgan fingerprint density at radius 2 is 1.74 bits per heavy atom. The van der Waals surface area contributed by atoms with Gasteiger partial charge >= 0.3 is 5.97 Å². The second kappa shape index (κ2) is 8.71. The van der Waals surface area contributed by atoms with Crippen LogP contribution in [0.4, 0.5) is 0 Å². The van der Waals surface area contributed by atoms with E-state index in [0.717, 1.165) is 43.7 Å². The average Bonchev–Trinajstić information content (AvgIpc) is 2.69. The average molecular weight is 367 g/mol. The second-order valence-electron chi connectivity index (χ2n) is 7.02. The number of hydrogen-bond acceptors (Lipinski definition) is 3. The Balaban J connectivity index is 1.51. The Labute approximate surface area is 159 Å². The minimum Gasteiger partial charge on any atom is -0.496 e. The van der Waals surface area contributed by atoms with Crippen molar-refractivity contribution >= 4 is 11.9 Å². The molecule has 1 aliphatic rings. The standard InChI is InChI=1S/C22H25NO4/c1-27-20-5-3-2-4-19(20)14-17-10-12-23(13-11-17)21(24)15-16-6-8-18(9-7-16)22(25)26/h2-9,17H,10-15H2,1H3,(H,25,26). The predicted molar refractivity (Wildman–Crippen MR) is 103 cm³/mol. The van der Waals surface area contributed by atoms with E-state index < -0.39 is 5.97 Å². The number of carboxylic acids is 1. The number of likely N-dealkylation sites (tertiary alicyclic amines) is 1. The molecule has 2 aromatic rings. The van der Waals surface area contributed by atoms with E-state index in [1.54, 1.807) is 31.4 Å². The van der Waals surface area contributed by atoms with Gasteiger partial charge in [-0.2, -0.15) is 0 Å². The highest BCUT2D eigenvalue weighted by molar-refractivity contribution is 5.87. The topological polar surface area (TPSA) is 66.8 Å². The van der Waals surface area contributed by atoms with Crippen molar-refractivity contribution < 1.29 is 19.4 Å². The maximum Gasteiger partial charge on any atom is 0.335 e. The van der Waals surface area contributed by atoms with Crippen LogP contribution < -0.4 is 4.74 Å². The fourth-order valence-electron chi connectivity index (χ4n) is 3.62. The Morgan fingerprint density at radius 3 is 2.37 bits per heavy atom. The molecule has 27 heavy (non-hydrogen) atoms. The number of carbonyl (C=O) groups is 2. The molecule has 0 spiro atoms. The van der Waals surface area contributed by atoms with Crippen LogP contribution in [0, 0.1) is 5.92 Å². The first-order chi connectivity index (χ1) is 13.1. The van der Waals surface area contributed by atoms with Gasteiger partial charge < -0.3 is 14.7 Å². The van der Waals surface area contributed by atoms with E-state index in [0.29, 0.717) is 12.3 Å². The highest BCUT2D eigenvalue weighted by atomic mass is 16.5. The van der Waals surface area contributed by atoms with Crippen molar-refractivity contribution in [3.8, 4) is 5.75 Å². The number of piperidine rings is 1. The van der Waals surface area contributed by atoms with Crippen molar-refractivity contribution in [3.05, 3.63) is 65.2 Å². The molecule has 1 heterocycles. The predicted octanol–water partition coefficient (Wildman–Crippen LogP) is 3.42. The lowest BCUT2D eigenvalue weighted by Crippen LogP contribution is -2.39. The fraction of sp³-hybridized carbons (Fsp3) is 0.364. The number of carboxylic acid groups (broad SMARTS) is 1. The van der Waals surface area contributed by atoms with Crippen molar-refractivity contribution in [2.75, 3.05) is 20.2 Å². The molecule has 1 amide bonds. The van der Waals surface area contributed by atoms with E-state index >= 15 is 0 Å². The Kier molecular flexibility index (Phi) is 6.12. The number of rotatable bonds is 6. The first kappa shape index (κ1) is 19.0. The second-order valence-corrected chi connectivity index (χ2v) is 7.02. The maximum absolute atomic E-state index is 12.5. The quantitative estimate of drug-likeness (QED) is 0.850. The van der Waals surface area contributed by atoms with Crippen LogP contribution in [0.1, 0.15) is 34.3 Å². The molecule has 142 valence electrons. The van der Waals surface area contributed by atoms with Crippen molar-refractivity contribution in [1.29, 1.82) is 0 Å². The zero-order valence-corrected chi connectivity index (χ0v) is 15.6. The summed E-state index contributed by atoms with van der Waals surface area (Å²) in [6.45, 7) is 1.54. The highest BCUT2D eigenvalue weighted by Crippen LogP contribution is 2.27. The number of benzene rings is 2. The number of aromatic carboxylic acids is 1. The van der Waals surface area contributed by atoms with Crippen LogP contribution in [0.25, 0.3) is 0 Å². The third-order valence-electron chi connectivity index (χ3n) is 5.22. The van der Waals surface area contributed by atoms with Gasteiger partial charge in [-0.1, -0.05) is 30.3 Å². The first-order valence-corrected chi connectivity index (χ1v) is 9.28. The van der Waals surface area contributed by atoms with Crippen LogP contribution in [0.5, 0.6) is 5.75 Å². The maximum atomic E-state index is 12.5. The molecule has 0 aliphatic carbocycles. The van der Waals surface area contributed by atoms with Gasteiger partial charge in [0.25, 0.3) is 0 Å². The molecule has 1 aliphatic heterocycles.